The fourth-order valence-corrected chi connectivity index (χ4v) is 6.03. The minimum atomic E-state index is -2.96. The van der Waals surface area contributed by atoms with Crippen LogP contribution in [0.4, 0.5) is 0 Å². The lowest BCUT2D eigenvalue weighted by molar-refractivity contribution is 0.0637. The number of carbonyl (C=O) groups is 1. The van der Waals surface area contributed by atoms with E-state index < -0.39 is 9.84 Å². The van der Waals surface area contributed by atoms with Gasteiger partial charge in [-0.05, 0) is 31.1 Å². The Morgan fingerprint density at radius 3 is 2.69 bits per heavy atom. The summed E-state index contributed by atoms with van der Waals surface area (Å²) < 4.78 is 35.6. The van der Waals surface area contributed by atoms with Gasteiger partial charge < -0.3 is 9.47 Å². The number of hydrogen-bond acceptors (Lipinski definition) is 6. The largest absolute Gasteiger partial charge is 0.477 e. The van der Waals surface area contributed by atoms with Crippen molar-refractivity contribution in [3.05, 3.63) is 64.4 Å². The summed E-state index contributed by atoms with van der Waals surface area (Å²) in [4.78, 5) is 15.0. The SMILES string of the molecule is Cc1c2c(cc3c1O/C(=C\c1ccccc1)C3=O)CN(C1CCS(=O)(=O)C1)CO2. The zero-order valence-corrected chi connectivity index (χ0v) is 16.9. The van der Waals surface area contributed by atoms with Gasteiger partial charge in [-0.3, -0.25) is 9.69 Å². The maximum absolute atomic E-state index is 12.9. The first-order valence-electron chi connectivity index (χ1n) is 9.64. The van der Waals surface area contributed by atoms with Crippen molar-refractivity contribution in [3.63, 3.8) is 0 Å². The molecule has 0 amide bonds. The van der Waals surface area contributed by atoms with Crippen LogP contribution in [0.25, 0.3) is 6.08 Å². The van der Waals surface area contributed by atoms with Crippen molar-refractivity contribution in [2.75, 3.05) is 18.2 Å². The van der Waals surface area contributed by atoms with Crippen molar-refractivity contribution in [3.8, 4) is 11.5 Å². The molecule has 0 radical (unpaired) electrons. The van der Waals surface area contributed by atoms with E-state index in [1.54, 1.807) is 6.08 Å². The van der Waals surface area contributed by atoms with Gasteiger partial charge in [0, 0.05) is 23.7 Å². The van der Waals surface area contributed by atoms with Crippen LogP contribution in [-0.4, -0.2) is 43.4 Å². The van der Waals surface area contributed by atoms with Crippen molar-refractivity contribution < 1.29 is 22.7 Å². The minimum absolute atomic E-state index is 0.0396. The summed E-state index contributed by atoms with van der Waals surface area (Å²) in [5, 5.41) is 0. The van der Waals surface area contributed by atoms with Gasteiger partial charge in [0.1, 0.15) is 18.2 Å². The van der Waals surface area contributed by atoms with Crippen molar-refractivity contribution >= 4 is 21.7 Å². The highest BCUT2D eigenvalue weighted by molar-refractivity contribution is 7.91. The highest BCUT2D eigenvalue weighted by atomic mass is 32.2. The van der Waals surface area contributed by atoms with E-state index in [2.05, 4.69) is 0 Å². The van der Waals surface area contributed by atoms with E-state index in [1.807, 2.05) is 48.2 Å². The van der Waals surface area contributed by atoms with E-state index in [-0.39, 0.29) is 23.3 Å². The number of sulfone groups is 1. The molecule has 3 heterocycles. The van der Waals surface area contributed by atoms with Gasteiger partial charge >= 0.3 is 0 Å². The van der Waals surface area contributed by atoms with E-state index >= 15 is 0 Å². The molecule has 0 spiro atoms. The number of hydrogen-bond donors (Lipinski definition) is 0. The van der Waals surface area contributed by atoms with Crippen LogP contribution in [0.1, 0.15) is 33.5 Å². The normalized spacial score (nSPS) is 24.1. The Kier molecular flexibility index (Phi) is 4.26. The number of carbonyl (C=O) groups excluding carboxylic acids is 1. The molecule has 150 valence electrons. The third-order valence-electron chi connectivity index (χ3n) is 5.79. The molecule has 2 aromatic rings. The van der Waals surface area contributed by atoms with E-state index in [1.165, 1.54) is 0 Å². The molecule has 0 bridgehead atoms. The molecule has 7 heteroatoms. The van der Waals surface area contributed by atoms with Gasteiger partial charge in [-0.2, -0.15) is 0 Å². The number of nitrogens with zero attached hydrogens (tertiary/aromatic N) is 1. The molecular formula is C22H21NO5S. The van der Waals surface area contributed by atoms with Crippen LogP contribution in [0.3, 0.4) is 0 Å². The van der Waals surface area contributed by atoms with E-state index in [0.29, 0.717) is 36.8 Å². The lowest BCUT2D eigenvalue weighted by Gasteiger charge is -2.33. The molecule has 0 saturated carbocycles. The monoisotopic (exact) mass is 411 g/mol. The first-order valence-corrected chi connectivity index (χ1v) is 11.5. The molecule has 29 heavy (non-hydrogen) atoms. The quantitative estimate of drug-likeness (QED) is 0.708. The molecular weight excluding hydrogens is 390 g/mol. The predicted octanol–water partition coefficient (Wildman–Crippen LogP) is 2.95. The average Bonchev–Trinajstić information content (AvgIpc) is 3.23. The Bertz CT molecular complexity index is 1140. The summed E-state index contributed by atoms with van der Waals surface area (Å²) in [5.41, 5.74) is 3.14. The van der Waals surface area contributed by atoms with Crippen molar-refractivity contribution in [2.24, 2.45) is 0 Å². The van der Waals surface area contributed by atoms with Gasteiger partial charge in [-0.25, -0.2) is 8.42 Å². The summed E-state index contributed by atoms with van der Waals surface area (Å²) in [5.74, 6) is 1.83. The number of fused-ring (bicyclic) bond motifs is 2. The lowest BCUT2D eigenvalue weighted by atomic mass is 9.99. The van der Waals surface area contributed by atoms with Crippen molar-refractivity contribution in [1.82, 2.24) is 4.90 Å². The van der Waals surface area contributed by atoms with Crippen LogP contribution >= 0.6 is 0 Å². The number of rotatable bonds is 2. The second kappa shape index (κ2) is 6.71. The fraction of sp³-hybridized carbons (Fsp3) is 0.318. The molecule has 5 rings (SSSR count). The Morgan fingerprint density at radius 2 is 1.97 bits per heavy atom. The van der Waals surface area contributed by atoms with Gasteiger partial charge in [0.2, 0.25) is 5.78 Å². The predicted molar refractivity (Wildman–Crippen MR) is 109 cm³/mol. The summed E-state index contributed by atoms with van der Waals surface area (Å²) in [6.07, 6.45) is 2.37. The minimum Gasteiger partial charge on any atom is -0.477 e. The standard InChI is InChI=1S/C22H21NO5S/c1-14-21-16(11-23(13-27-21)17-7-8-29(25,26)12-17)10-18-20(24)19(28-22(14)18)9-15-5-3-2-4-6-15/h2-6,9-10,17H,7-8,11-13H2,1H3/b19-9-. The topological polar surface area (TPSA) is 72.9 Å². The molecule has 6 nitrogen and oxygen atoms in total. The van der Waals surface area contributed by atoms with Gasteiger partial charge in [0.15, 0.2) is 15.6 Å². The Hall–Kier alpha value is -2.64. The van der Waals surface area contributed by atoms with Crippen LogP contribution in [-0.2, 0) is 16.4 Å². The van der Waals surface area contributed by atoms with E-state index in [9.17, 15) is 13.2 Å². The van der Waals surface area contributed by atoms with Crippen molar-refractivity contribution in [2.45, 2.75) is 25.9 Å². The molecule has 1 unspecified atom stereocenters. The van der Waals surface area contributed by atoms with Crippen LogP contribution in [0, 0.1) is 6.92 Å². The molecule has 1 fully saturated rings. The average molecular weight is 411 g/mol. The van der Waals surface area contributed by atoms with Crippen molar-refractivity contribution in [1.29, 1.82) is 0 Å². The van der Waals surface area contributed by atoms with E-state index in [0.717, 1.165) is 22.4 Å². The Balaban J connectivity index is 1.45. The smallest absolute Gasteiger partial charge is 0.231 e. The third kappa shape index (κ3) is 3.24. The molecule has 0 aromatic heterocycles. The third-order valence-corrected chi connectivity index (χ3v) is 7.54. The van der Waals surface area contributed by atoms with Crippen LogP contribution in [0.5, 0.6) is 11.5 Å². The Labute approximate surface area is 169 Å². The number of ketones is 1. The number of benzene rings is 2. The maximum atomic E-state index is 12.9. The highest BCUT2D eigenvalue weighted by Gasteiger charge is 2.37. The van der Waals surface area contributed by atoms with Gasteiger partial charge in [-0.1, -0.05) is 30.3 Å². The first kappa shape index (κ1) is 18.4. The number of ether oxygens (including phenoxy) is 2. The summed E-state index contributed by atoms with van der Waals surface area (Å²) in [6.45, 7) is 2.80. The summed E-state index contributed by atoms with van der Waals surface area (Å²) in [6, 6.07) is 11.4. The summed E-state index contributed by atoms with van der Waals surface area (Å²) >= 11 is 0. The van der Waals surface area contributed by atoms with Crippen LogP contribution < -0.4 is 9.47 Å². The second-order valence-corrected chi connectivity index (χ2v) is 10.0. The van der Waals surface area contributed by atoms with Crippen LogP contribution in [0.15, 0.2) is 42.2 Å². The fourth-order valence-electron chi connectivity index (χ4n) is 4.26. The van der Waals surface area contributed by atoms with Gasteiger partial charge in [0.05, 0.1) is 17.1 Å². The lowest BCUT2D eigenvalue weighted by Crippen LogP contribution is -2.41. The van der Waals surface area contributed by atoms with Gasteiger partial charge in [0.25, 0.3) is 0 Å². The number of allylic oxidation sites excluding steroid dienone is 1. The molecule has 2 aromatic carbocycles. The first-order chi connectivity index (χ1) is 13.9. The zero-order chi connectivity index (χ0) is 20.2. The zero-order valence-electron chi connectivity index (χ0n) is 16.1. The molecule has 1 saturated heterocycles. The number of Topliss-reactive ketones (excluding diaryl/α,β-unsaturated/α-hetero) is 1. The van der Waals surface area contributed by atoms with E-state index in [4.69, 9.17) is 9.47 Å². The maximum Gasteiger partial charge on any atom is 0.231 e. The summed E-state index contributed by atoms with van der Waals surface area (Å²) in [7, 11) is -2.96. The van der Waals surface area contributed by atoms with Crippen LogP contribution in [0.2, 0.25) is 0 Å². The highest BCUT2D eigenvalue weighted by Crippen LogP contribution is 2.43. The molecule has 0 aliphatic carbocycles. The molecule has 3 aliphatic rings. The second-order valence-electron chi connectivity index (χ2n) is 7.79. The molecule has 0 N–H and O–H groups in total. The molecule has 3 aliphatic heterocycles. The molecule has 1 atom stereocenters. The Morgan fingerprint density at radius 1 is 1.17 bits per heavy atom. The van der Waals surface area contributed by atoms with Gasteiger partial charge in [-0.15, -0.1) is 0 Å².